The van der Waals surface area contributed by atoms with Crippen molar-refractivity contribution < 1.29 is 0 Å². The van der Waals surface area contributed by atoms with Crippen molar-refractivity contribution in [3.63, 3.8) is 0 Å². The van der Waals surface area contributed by atoms with E-state index in [1.165, 1.54) is 0 Å². The van der Waals surface area contributed by atoms with Crippen LogP contribution in [0.15, 0.2) is 140 Å². The zero-order valence-corrected chi connectivity index (χ0v) is 25.4. The number of nitrogens with zero attached hydrogens (tertiary/aromatic N) is 8. The van der Waals surface area contributed by atoms with E-state index in [2.05, 4.69) is 52.2 Å². The van der Waals surface area contributed by atoms with Crippen LogP contribution in [-0.2, 0) is 0 Å². The summed E-state index contributed by atoms with van der Waals surface area (Å²) in [6.07, 6.45) is 7.32. The number of hydrogen-bond donors (Lipinski definition) is 0. The molecule has 0 fully saturated rings. The Morgan fingerprint density at radius 3 is 1.62 bits per heavy atom. The lowest BCUT2D eigenvalue weighted by molar-refractivity contribution is 1.04. The fourth-order valence-electron chi connectivity index (χ4n) is 5.60. The van der Waals surface area contributed by atoms with Crippen LogP contribution in [0.5, 0.6) is 0 Å². The lowest BCUT2D eigenvalue weighted by Crippen LogP contribution is -2.03. The largest absolute Gasteiger partial charge is 0.263 e. The summed E-state index contributed by atoms with van der Waals surface area (Å²) in [6.45, 7) is 2.10. The minimum Gasteiger partial charge on any atom is -0.263 e. The number of pyridine rings is 5. The lowest BCUT2D eigenvalue weighted by Gasteiger charge is -2.12. The molecule has 8 rings (SSSR count). The van der Waals surface area contributed by atoms with Crippen LogP contribution in [0.4, 0.5) is 0 Å². The van der Waals surface area contributed by atoms with Gasteiger partial charge in [0.15, 0.2) is 17.5 Å². The van der Waals surface area contributed by atoms with E-state index in [0.717, 1.165) is 55.8 Å². The molecule has 0 atom stereocenters. The molecule has 0 N–H and O–H groups in total. The highest BCUT2D eigenvalue weighted by molar-refractivity contribution is 5.96. The zero-order chi connectivity index (χ0) is 31.6. The van der Waals surface area contributed by atoms with Crippen LogP contribution in [0.2, 0.25) is 0 Å². The van der Waals surface area contributed by atoms with Crippen molar-refractivity contribution >= 4 is 10.8 Å². The molecular weight excluding hydrogens is 580 g/mol. The quantitative estimate of drug-likeness (QED) is 0.186. The van der Waals surface area contributed by atoms with Gasteiger partial charge in [-0.3, -0.25) is 15.0 Å². The summed E-state index contributed by atoms with van der Waals surface area (Å²) >= 11 is 0. The second kappa shape index (κ2) is 12.1. The van der Waals surface area contributed by atoms with Crippen LogP contribution in [0.1, 0.15) is 5.56 Å². The van der Waals surface area contributed by atoms with Gasteiger partial charge >= 0.3 is 0 Å². The Labute approximate surface area is 271 Å². The molecule has 6 aromatic heterocycles. The van der Waals surface area contributed by atoms with Crippen LogP contribution in [0, 0.1) is 6.92 Å². The van der Waals surface area contributed by atoms with Crippen molar-refractivity contribution in [2.45, 2.75) is 6.92 Å². The molecule has 0 amide bonds. The maximum absolute atomic E-state index is 4.95. The van der Waals surface area contributed by atoms with Crippen LogP contribution in [0.3, 0.4) is 0 Å². The van der Waals surface area contributed by atoms with Gasteiger partial charge in [0.05, 0.1) is 22.8 Å². The van der Waals surface area contributed by atoms with Crippen molar-refractivity contribution in [3.8, 4) is 68.3 Å². The second-order valence-electron chi connectivity index (χ2n) is 11.0. The number of rotatable bonds is 6. The lowest BCUT2D eigenvalue weighted by atomic mass is 9.95. The molecule has 0 aliphatic carbocycles. The van der Waals surface area contributed by atoms with Crippen LogP contribution < -0.4 is 0 Å². The molecule has 0 spiro atoms. The Morgan fingerprint density at radius 1 is 0.426 bits per heavy atom. The third-order valence-electron chi connectivity index (χ3n) is 7.89. The number of aryl methyl sites for hydroxylation is 1. The van der Waals surface area contributed by atoms with Crippen LogP contribution >= 0.6 is 0 Å². The van der Waals surface area contributed by atoms with E-state index in [9.17, 15) is 0 Å². The fourth-order valence-corrected chi connectivity index (χ4v) is 5.60. The van der Waals surface area contributed by atoms with Gasteiger partial charge in [-0.1, -0.05) is 60.7 Å². The molecule has 8 nitrogen and oxygen atoms in total. The summed E-state index contributed by atoms with van der Waals surface area (Å²) in [5.41, 5.74) is 8.31. The molecule has 0 aliphatic rings. The van der Waals surface area contributed by atoms with Gasteiger partial charge in [0.2, 0.25) is 0 Å². The maximum atomic E-state index is 4.95. The summed E-state index contributed by atoms with van der Waals surface area (Å²) in [5.74, 6) is 1.39. The van der Waals surface area contributed by atoms with Gasteiger partial charge in [0.1, 0.15) is 11.4 Å². The van der Waals surface area contributed by atoms with Crippen LogP contribution in [-0.4, -0.2) is 39.9 Å². The molecule has 8 aromatic rings. The minimum absolute atomic E-state index is 0.438. The first-order chi connectivity index (χ1) is 23.2. The molecule has 47 heavy (non-hydrogen) atoms. The smallest absolute Gasteiger partial charge is 0.182 e. The molecule has 2 aromatic carbocycles. The second-order valence-corrected chi connectivity index (χ2v) is 11.0. The third-order valence-corrected chi connectivity index (χ3v) is 7.89. The summed E-state index contributed by atoms with van der Waals surface area (Å²) < 4.78 is 0. The van der Waals surface area contributed by atoms with Crippen molar-refractivity contribution in [1.82, 2.24) is 39.9 Å². The molecular formula is C39H26N8. The molecule has 222 valence electrons. The minimum atomic E-state index is 0.438. The average molecular weight is 607 g/mol. The number of hydrogen-bond acceptors (Lipinski definition) is 8. The first kappa shape index (κ1) is 28.0. The van der Waals surface area contributed by atoms with Crippen molar-refractivity contribution in [2.24, 2.45) is 0 Å². The third kappa shape index (κ3) is 5.60. The van der Waals surface area contributed by atoms with E-state index in [0.29, 0.717) is 28.9 Å². The monoisotopic (exact) mass is 606 g/mol. The molecule has 0 saturated carbocycles. The summed E-state index contributed by atoms with van der Waals surface area (Å²) in [7, 11) is 0. The van der Waals surface area contributed by atoms with Gasteiger partial charge in [0, 0.05) is 41.3 Å². The molecule has 6 heterocycles. The standard InChI is InChI=1S/C39H26N8/c1-25-22-26(18-19-28(25)30-24-40-23-27-10-2-3-11-29(27)30)37-45-38(35-16-8-14-33(43-35)31-12-4-6-20-41-31)47-39(46-37)36-17-9-15-34(44-36)32-13-5-7-21-42-32/h2-24H,1H3. The van der Waals surface area contributed by atoms with Gasteiger partial charge in [-0.15, -0.1) is 0 Å². The first-order valence-electron chi connectivity index (χ1n) is 15.2. The summed E-state index contributed by atoms with van der Waals surface area (Å²) in [5, 5.41) is 2.25. The van der Waals surface area contributed by atoms with E-state index in [4.69, 9.17) is 24.9 Å². The maximum Gasteiger partial charge on any atom is 0.182 e. The van der Waals surface area contributed by atoms with Gasteiger partial charge in [-0.25, -0.2) is 24.9 Å². The van der Waals surface area contributed by atoms with Crippen LogP contribution in [0.25, 0.3) is 79.1 Å². The average Bonchev–Trinajstić information content (AvgIpc) is 3.15. The molecule has 0 aliphatic heterocycles. The number of benzene rings is 2. The van der Waals surface area contributed by atoms with Gasteiger partial charge < -0.3 is 0 Å². The SMILES string of the molecule is Cc1cc(-c2nc(-c3cccc(-c4ccccn4)n3)nc(-c3cccc(-c4ccccn4)n3)n2)ccc1-c1cncc2ccccc12. The molecule has 0 unspecified atom stereocenters. The predicted molar refractivity (Wildman–Crippen MR) is 184 cm³/mol. The Hall–Kier alpha value is -6.54. The van der Waals surface area contributed by atoms with E-state index in [1.54, 1.807) is 12.4 Å². The van der Waals surface area contributed by atoms with E-state index in [-0.39, 0.29) is 0 Å². The number of fused-ring (bicyclic) bond motifs is 1. The topological polar surface area (TPSA) is 103 Å². The highest BCUT2D eigenvalue weighted by atomic mass is 15.1. The summed E-state index contributed by atoms with van der Waals surface area (Å²) in [4.78, 5) is 38.0. The molecule has 0 bridgehead atoms. The Kier molecular flexibility index (Phi) is 7.20. The van der Waals surface area contributed by atoms with E-state index < -0.39 is 0 Å². The van der Waals surface area contributed by atoms with E-state index >= 15 is 0 Å². The highest BCUT2D eigenvalue weighted by Crippen LogP contribution is 2.33. The van der Waals surface area contributed by atoms with Crippen molar-refractivity contribution in [3.05, 3.63) is 146 Å². The molecule has 0 radical (unpaired) electrons. The Balaban J connectivity index is 1.27. The van der Waals surface area contributed by atoms with Gasteiger partial charge in [-0.2, -0.15) is 0 Å². The first-order valence-corrected chi connectivity index (χ1v) is 15.2. The summed E-state index contributed by atoms with van der Waals surface area (Å²) in [6, 6.07) is 37.6. The fraction of sp³-hybridized carbons (Fsp3) is 0.0256. The van der Waals surface area contributed by atoms with E-state index in [1.807, 2.05) is 97.3 Å². The Morgan fingerprint density at radius 2 is 1.00 bits per heavy atom. The van der Waals surface area contributed by atoms with Crippen molar-refractivity contribution in [2.75, 3.05) is 0 Å². The molecule has 8 heteroatoms. The molecule has 0 saturated heterocycles. The zero-order valence-electron chi connectivity index (χ0n) is 25.4. The van der Waals surface area contributed by atoms with Crippen molar-refractivity contribution in [1.29, 1.82) is 0 Å². The van der Waals surface area contributed by atoms with Gasteiger partial charge in [0.25, 0.3) is 0 Å². The predicted octanol–water partition coefficient (Wildman–Crippen LogP) is 8.31. The number of aromatic nitrogens is 8. The highest BCUT2D eigenvalue weighted by Gasteiger charge is 2.17. The van der Waals surface area contributed by atoms with Gasteiger partial charge in [-0.05, 0) is 78.0 Å². The Bertz CT molecular complexity index is 2270. The normalized spacial score (nSPS) is 11.1.